The number of fused-ring (bicyclic) bond motifs is 2. The molecule has 10 rings (SSSR count). The molecule has 1 aliphatic heterocycles. The van der Waals surface area contributed by atoms with Gasteiger partial charge in [0.1, 0.15) is 11.6 Å². The Morgan fingerprint density at radius 2 is 1.19 bits per heavy atom. The lowest BCUT2D eigenvalue weighted by molar-refractivity contribution is -0.120. The molecule has 0 radical (unpaired) electrons. The van der Waals surface area contributed by atoms with Crippen LogP contribution in [0.3, 0.4) is 0 Å². The summed E-state index contributed by atoms with van der Waals surface area (Å²) >= 11 is 3.45. The van der Waals surface area contributed by atoms with E-state index in [1.165, 1.54) is 0 Å². The fourth-order valence-electron chi connectivity index (χ4n) is 7.00. The van der Waals surface area contributed by atoms with Crippen molar-refractivity contribution in [3.05, 3.63) is 136 Å². The van der Waals surface area contributed by atoms with Crippen molar-refractivity contribution in [2.75, 3.05) is 18.0 Å². The second-order valence-corrected chi connectivity index (χ2v) is 15.9. The molecule has 3 fully saturated rings. The van der Waals surface area contributed by atoms with Gasteiger partial charge in [0.2, 0.25) is 0 Å². The summed E-state index contributed by atoms with van der Waals surface area (Å²) in [6.45, 7) is 2.26. The van der Waals surface area contributed by atoms with Crippen LogP contribution in [0.15, 0.2) is 114 Å². The summed E-state index contributed by atoms with van der Waals surface area (Å²) in [4.78, 5) is 35.5. The number of hydrogen-bond donors (Lipinski definition) is 0. The number of aromatic nitrogens is 6. The Balaban J connectivity index is 0.000000165. The van der Waals surface area contributed by atoms with Gasteiger partial charge in [-0.25, -0.2) is 19.0 Å². The molecule has 5 heterocycles. The van der Waals surface area contributed by atoms with E-state index >= 15 is 0 Å². The second kappa shape index (κ2) is 15.8. The molecule has 3 aliphatic rings. The zero-order valence-electron chi connectivity index (χ0n) is 31.2. The maximum absolute atomic E-state index is 12.2. The SMILES string of the molecule is N#Cc1ccc(COC2CN(c3ccc(-c4cccc5nc(CC(=O)C6CC6)nn45)cc3)C2)cc1.O=C(Cc1nc2cccc(-c3ccc(Br)cc3)n2n1)C1CC1. The molecule has 0 spiro atoms. The molecule has 57 heavy (non-hydrogen) atoms. The van der Waals surface area contributed by atoms with Crippen LogP contribution in [0.1, 0.15) is 48.5 Å². The van der Waals surface area contributed by atoms with Crippen LogP contribution < -0.4 is 4.90 Å². The van der Waals surface area contributed by atoms with E-state index in [0.29, 0.717) is 36.7 Å². The highest BCUT2D eigenvalue weighted by Gasteiger charge is 2.31. The Bertz CT molecular complexity index is 2620. The molecular formula is C45H39BrN8O3. The molecule has 2 aliphatic carbocycles. The van der Waals surface area contributed by atoms with Gasteiger partial charge in [-0.05, 0) is 91.9 Å². The van der Waals surface area contributed by atoms with Crippen LogP contribution in [0.25, 0.3) is 33.8 Å². The first-order valence-corrected chi connectivity index (χ1v) is 20.1. The molecule has 0 unspecified atom stereocenters. The van der Waals surface area contributed by atoms with E-state index in [1.807, 2.05) is 94.0 Å². The number of nitriles is 1. The van der Waals surface area contributed by atoms with E-state index in [4.69, 9.17) is 10.00 Å². The molecule has 0 amide bonds. The third kappa shape index (κ3) is 8.40. The van der Waals surface area contributed by atoms with Crippen molar-refractivity contribution in [1.82, 2.24) is 29.2 Å². The number of hydrogen-bond acceptors (Lipinski definition) is 9. The van der Waals surface area contributed by atoms with Crippen LogP contribution in [0.5, 0.6) is 0 Å². The minimum absolute atomic E-state index is 0.200. The van der Waals surface area contributed by atoms with Crippen molar-refractivity contribution in [3.63, 3.8) is 0 Å². The molecule has 4 aromatic heterocycles. The average molecular weight is 820 g/mol. The Morgan fingerprint density at radius 3 is 1.68 bits per heavy atom. The van der Waals surface area contributed by atoms with E-state index in [2.05, 4.69) is 71.3 Å². The van der Waals surface area contributed by atoms with Gasteiger partial charge in [0.15, 0.2) is 22.9 Å². The molecule has 2 saturated carbocycles. The van der Waals surface area contributed by atoms with Gasteiger partial charge in [-0.1, -0.05) is 64.5 Å². The van der Waals surface area contributed by atoms with E-state index in [9.17, 15) is 9.59 Å². The maximum atomic E-state index is 12.2. The minimum atomic E-state index is 0.200. The molecule has 0 N–H and O–H groups in total. The van der Waals surface area contributed by atoms with Gasteiger partial charge in [0.05, 0.1) is 48.6 Å². The smallest absolute Gasteiger partial charge is 0.159 e. The van der Waals surface area contributed by atoms with E-state index in [1.54, 1.807) is 0 Å². The van der Waals surface area contributed by atoms with Crippen LogP contribution in [0, 0.1) is 23.2 Å². The number of ketones is 2. The monoisotopic (exact) mass is 818 g/mol. The highest BCUT2D eigenvalue weighted by molar-refractivity contribution is 9.10. The standard InChI is InChI=1S/C28H25N5O2.C17H14BrN3O/c29-15-19-4-6-20(7-5-19)18-35-24-16-32(17-24)23-12-10-21(11-13-23)25-2-1-3-28-30-27(31-33(25)28)14-26(34)22-8-9-22;18-13-8-6-11(7-9-13)14-2-1-3-17-19-16(20-21(14)17)10-15(22)12-4-5-12/h1-7,10-13,22,24H,8-9,14,16-18H2;1-3,6-9,12H,4-5,10H2. The summed E-state index contributed by atoms with van der Waals surface area (Å²) in [5.74, 6) is 2.19. The van der Waals surface area contributed by atoms with Gasteiger partial charge in [-0.2, -0.15) is 15.5 Å². The summed E-state index contributed by atoms with van der Waals surface area (Å²) in [6.07, 6.45) is 4.91. The summed E-state index contributed by atoms with van der Waals surface area (Å²) < 4.78 is 10.7. The summed E-state index contributed by atoms with van der Waals surface area (Å²) in [6, 6.07) is 38.0. The lowest BCUT2D eigenvalue weighted by Crippen LogP contribution is -2.52. The van der Waals surface area contributed by atoms with Gasteiger partial charge in [0, 0.05) is 46.2 Å². The number of halogens is 1. The van der Waals surface area contributed by atoms with Crippen LogP contribution >= 0.6 is 15.9 Å². The van der Waals surface area contributed by atoms with Crippen molar-refractivity contribution in [2.45, 2.75) is 51.2 Å². The van der Waals surface area contributed by atoms with Gasteiger partial charge >= 0.3 is 0 Å². The number of carbonyl (C=O) groups excluding carboxylic acids is 2. The van der Waals surface area contributed by atoms with E-state index in [-0.39, 0.29) is 29.5 Å². The third-order valence-electron chi connectivity index (χ3n) is 10.6. The highest BCUT2D eigenvalue weighted by Crippen LogP contribution is 2.32. The summed E-state index contributed by atoms with van der Waals surface area (Å²) in [5.41, 5.74) is 8.49. The second-order valence-electron chi connectivity index (χ2n) is 15.0. The minimum Gasteiger partial charge on any atom is -0.370 e. The Hall–Kier alpha value is -6.03. The lowest BCUT2D eigenvalue weighted by Gasteiger charge is -2.40. The van der Waals surface area contributed by atoms with Gasteiger partial charge in [0.25, 0.3) is 0 Å². The molecule has 3 aromatic carbocycles. The zero-order chi connectivity index (χ0) is 38.9. The number of anilines is 1. The Morgan fingerprint density at radius 1 is 0.684 bits per heavy atom. The number of benzene rings is 3. The molecule has 7 aromatic rings. The first-order chi connectivity index (χ1) is 27.9. The van der Waals surface area contributed by atoms with E-state index < -0.39 is 0 Å². The van der Waals surface area contributed by atoms with Crippen LogP contribution in [-0.2, 0) is 33.8 Å². The third-order valence-corrected chi connectivity index (χ3v) is 11.2. The summed E-state index contributed by atoms with van der Waals surface area (Å²) in [5, 5.41) is 18.1. The topological polar surface area (TPSA) is 131 Å². The van der Waals surface area contributed by atoms with Crippen molar-refractivity contribution in [2.24, 2.45) is 11.8 Å². The van der Waals surface area contributed by atoms with Crippen molar-refractivity contribution in [3.8, 4) is 28.6 Å². The fraction of sp³-hybridized carbons (Fsp3) is 0.267. The normalized spacial score (nSPS) is 15.2. The Kier molecular flexibility index (Phi) is 10.2. The first-order valence-electron chi connectivity index (χ1n) is 19.3. The summed E-state index contributed by atoms with van der Waals surface area (Å²) in [7, 11) is 0. The van der Waals surface area contributed by atoms with Crippen molar-refractivity contribution >= 4 is 44.5 Å². The average Bonchev–Trinajstić information content (AvgIpc) is 4.16. The van der Waals surface area contributed by atoms with Crippen LogP contribution in [-0.4, -0.2) is 60.0 Å². The Labute approximate surface area is 338 Å². The van der Waals surface area contributed by atoms with Gasteiger partial charge < -0.3 is 9.64 Å². The number of carbonyl (C=O) groups is 2. The largest absolute Gasteiger partial charge is 0.370 e. The predicted octanol–water partition coefficient (Wildman–Crippen LogP) is 7.88. The molecule has 1 saturated heterocycles. The number of Topliss-reactive ketones (excluding diaryl/α,β-unsaturated/α-hetero) is 2. The van der Waals surface area contributed by atoms with Crippen molar-refractivity contribution in [1.29, 1.82) is 5.26 Å². The number of nitrogens with zero attached hydrogens (tertiary/aromatic N) is 8. The molecule has 0 atom stereocenters. The first kappa shape index (κ1) is 36.6. The lowest BCUT2D eigenvalue weighted by atomic mass is 10.1. The fourth-order valence-corrected chi connectivity index (χ4v) is 7.27. The maximum Gasteiger partial charge on any atom is 0.159 e. The van der Waals surface area contributed by atoms with E-state index in [0.717, 1.165) is 88.3 Å². The molecule has 284 valence electrons. The number of pyridine rings is 2. The van der Waals surface area contributed by atoms with Crippen LogP contribution in [0.2, 0.25) is 0 Å². The van der Waals surface area contributed by atoms with Crippen molar-refractivity contribution < 1.29 is 14.3 Å². The van der Waals surface area contributed by atoms with Gasteiger partial charge in [-0.3, -0.25) is 9.59 Å². The molecule has 11 nitrogen and oxygen atoms in total. The molecule has 12 heteroatoms. The van der Waals surface area contributed by atoms with Crippen LogP contribution in [0.4, 0.5) is 5.69 Å². The highest BCUT2D eigenvalue weighted by atomic mass is 79.9. The number of rotatable bonds is 12. The molecular weight excluding hydrogens is 780 g/mol. The number of ether oxygens (including phenoxy) is 1. The van der Waals surface area contributed by atoms with Gasteiger partial charge in [-0.15, -0.1) is 0 Å². The zero-order valence-corrected chi connectivity index (χ0v) is 32.8. The predicted molar refractivity (Wildman–Crippen MR) is 219 cm³/mol. The quantitative estimate of drug-likeness (QED) is 0.121. The molecule has 0 bridgehead atoms.